The Hall–Kier alpha value is -1.76. The van der Waals surface area contributed by atoms with Crippen LogP contribution in [0, 0.1) is 5.92 Å². The molecule has 0 aliphatic carbocycles. The molecule has 0 spiro atoms. The Morgan fingerprint density at radius 1 is 1.19 bits per heavy atom. The summed E-state index contributed by atoms with van der Waals surface area (Å²) in [6.45, 7) is 11.6. The molecule has 1 aliphatic heterocycles. The molecule has 21 heavy (non-hydrogen) atoms. The molecular weight excluding hydrogens is 254 g/mol. The van der Waals surface area contributed by atoms with Gasteiger partial charge in [-0.05, 0) is 36.3 Å². The highest BCUT2D eigenvalue weighted by atomic mass is 14.9. The molecule has 1 aromatic carbocycles. The van der Waals surface area contributed by atoms with Crippen LogP contribution in [-0.4, -0.2) is 6.54 Å². The first-order chi connectivity index (χ1) is 10.1. The van der Waals surface area contributed by atoms with Crippen LogP contribution in [0.2, 0.25) is 0 Å². The third-order valence-electron chi connectivity index (χ3n) is 3.96. The van der Waals surface area contributed by atoms with Gasteiger partial charge < -0.3 is 5.32 Å². The molecule has 2 rings (SSSR count). The number of benzene rings is 1. The fraction of sp³-hybridized carbons (Fsp3) is 0.400. The van der Waals surface area contributed by atoms with Crippen LogP contribution in [0.15, 0.2) is 54.6 Å². The van der Waals surface area contributed by atoms with Crippen molar-refractivity contribution in [2.24, 2.45) is 5.92 Å². The summed E-state index contributed by atoms with van der Waals surface area (Å²) in [7, 11) is 0. The predicted molar refractivity (Wildman–Crippen MR) is 93.2 cm³/mol. The third-order valence-corrected chi connectivity index (χ3v) is 3.96. The second kappa shape index (κ2) is 7.31. The molecule has 0 amide bonds. The molecule has 1 nitrogen and oxygen atoms in total. The summed E-state index contributed by atoms with van der Waals surface area (Å²) in [5.41, 5.74) is 5.46. The number of rotatable bonds is 6. The minimum atomic E-state index is 0.502. The Kier molecular flexibility index (Phi) is 5.44. The van der Waals surface area contributed by atoms with E-state index >= 15 is 0 Å². The van der Waals surface area contributed by atoms with Crippen LogP contribution in [0.5, 0.6) is 0 Å². The van der Waals surface area contributed by atoms with Crippen molar-refractivity contribution in [1.29, 1.82) is 0 Å². The number of hydrogen-bond acceptors (Lipinski definition) is 1. The van der Waals surface area contributed by atoms with E-state index in [-0.39, 0.29) is 0 Å². The van der Waals surface area contributed by atoms with Gasteiger partial charge in [-0.25, -0.2) is 0 Å². The van der Waals surface area contributed by atoms with E-state index in [2.05, 4.69) is 69.1 Å². The van der Waals surface area contributed by atoms with Crippen LogP contribution in [0.1, 0.15) is 50.7 Å². The van der Waals surface area contributed by atoms with Crippen LogP contribution >= 0.6 is 0 Å². The van der Waals surface area contributed by atoms with Crippen molar-refractivity contribution in [3.05, 3.63) is 65.8 Å². The molecule has 1 aromatic rings. The number of dihydropyridines is 1. The van der Waals surface area contributed by atoms with Crippen molar-refractivity contribution >= 4 is 5.70 Å². The minimum Gasteiger partial charge on any atom is -0.381 e. The van der Waals surface area contributed by atoms with Crippen LogP contribution < -0.4 is 5.32 Å². The van der Waals surface area contributed by atoms with Gasteiger partial charge in [-0.2, -0.15) is 0 Å². The molecule has 0 radical (unpaired) electrons. The van der Waals surface area contributed by atoms with Gasteiger partial charge in [0.1, 0.15) is 0 Å². The van der Waals surface area contributed by atoms with E-state index in [1.54, 1.807) is 0 Å². The molecule has 0 fully saturated rings. The Bertz CT molecular complexity index is 549. The molecule has 112 valence electrons. The zero-order chi connectivity index (χ0) is 15.2. The van der Waals surface area contributed by atoms with Crippen LogP contribution in [0.25, 0.3) is 5.70 Å². The van der Waals surface area contributed by atoms with Crippen molar-refractivity contribution < 1.29 is 0 Å². The first-order valence-corrected chi connectivity index (χ1v) is 7.95. The average molecular weight is 281 g/mol. The molecule has 0 saturated carbocycles. The maximum Gasteiger partial charge on any atom is 0.0419 e. The lowest BCUT2D eigenvalue weighted by molar-refractivity contribution is 0.627. The van der Waals surface area contributed by atoms with E-state index in [1.165, 1.54) is 28.8 Å². The lowest BCUT2D eigenvalue weighted by atomic mass is 9.90. The summed E-state index contributed by atoms with van der Waals surface area (Å²) in [5, 5.41) is 3.60. The first-order valence-electron chi connectivity index (χ1n) is 7.95. The topological polar surface area (TPSA) is 12.0 Å². The van der Waals surface area contributed by atoms with Crippen molar-refractivity contribution in [3.63, 3.8) is 0 Å². The molecule has 1 aliphatic rings. The van der Waals surface area contributed by atoms with Crippen LogP contribution in [0.4, 0.5) is 0 Å². The zero-order valence-corrected chi connectivity index (χ0v) is 13.5. The second-order valence-electron chi connectivity index (χ2n) is 6.37. The van der Waals surface area contributed by atoms with Crippen molar-refractivity contribution in [1.82, 2.24) is 5.32 Å². The summed E-state index contributed by atoms with van der Waals surface area (Å²) in [5.74, 6) is 1.22. The fourth-order valence-corrected chi connectivity index (χ4v) is 2.93. The zero-order valence-electron chi connectivity index (χ0n) is 13.5. The van der Waals surface area contributed by atoms with E-state index in [0.717, 1.165) is 13.0 Å². The predicted octanol–water partition coefficient (Wildman–Crippen LogP) is 5.28. The van der Waals surface area contributed by atoms with Crippen LogP contribution in [0.3, 0.4) is 0 Å². The highest BCUT2D eigenvalue weighted by Gasteiger charge is 2.14. The summed E-state index contributed by atoms with van der Waals surface area (Å²) < 4.78 is 0. The van der Waals surface area contributed by atoms with Crippen molar-refractivity contribution in [2.45, 2.75) is 39.5 Å². The number of nitrogens with one attached hydrogen (secondary N) is 1. The average Bonchev–Trinajstić information content (AvgIpc) is 2.48. The Labute approximate surface area is 129 Å². The lowest BCUT2D eigenvalue weighted by Crippen LogP contribution is -2.20. The van der Waals surface area contributed by atoms with E-state index in [4.69, 9.17) is 0 Å². The second-order valence-corrected chi connectivity index (χ2v) is 6.37. The number of hydrogen-bond donors (Lipinski definition) is 1. The highest BCUT2D eigenvalue weighted by molar-refractivity contribution is 5.70. The fourth-order valence-electron chi connectivity index (χ4n) is 2.93. The van der Waals surface area contributed by atoms with Crippen LogP contribution in [-0.2, 0) is 0 Å². The SMILES string of the molecule is C=CCC(C)c1ccccc1C1=CC=C(CC(C)C)CN1. The van der Waals surface area contributed by atoms with Gasteiger partial charge in [-0.1, -0.05) is 62.8 Å². The lowest BCUT2D eigenvalue weighted by Gasteiger charge is -2.22. The quantitative estimate of drug-likeness (QED) is 0.699. The van der Waals surface area contributed by atoms with E-state index in [9.17, 15) is 0 Å². The first kappa shape index (κ1) is 15.6. The maximum atomic E-state index is 3.87. The van der Waals surface area contributed by atoms with Gasteiger partial charge in [0.05, 0.1) is 0 Å². The summed E-state index contributed by atoms with van der Waals surface area (Å²) >= 11 is 0. The van der Waals surface area contributed by atoms with Gasteiger partial charge >= 0.3 is 0 Å². The molecule has 1 atom stereocenters. The Morgan fingerprint density at radius 3 is 2.57 bits per heavy atom. The van der Waals surface area contributed by atoms with Gasteiger partial charge in [0, 0.05) is 17.8 Å². The summed E-state index contributed by atoms with van der Waals surface area (Å²) in [4.78, 5) is 0. The summed E-state index contributed by atoms with van der Waals surface area (Å²) in [6, 6.07) is 8.70. The molecule has 0 saturated heterocycles. The minimum absolute atomic E-state index is 0.502. The maximum absolute atomic E-state index is 3.87. The van der Waals surface area contributed by atoms with E-state index in [0.29, 0.717) is 11.8 Å². The van der Waals surface area contributed by atoms with E-state index < -0.39 is 0 Å². The smallest absolute Gasteiger partial charge is 0.0419 e. The highest BCUT2D eigenvalue weighted by Crippen LogP contribution is 2.28. The summed E-state index contributed by atoms with van der Waals surface area (Å²) in [6.07, 6.45) is 8.72. The van der Waals surface area contributed by atoms with Crippen molar-refractivity contribution in [3.8, 4) is 0 Å². The third kappa shape index (κ3) is 4.10. The van der Waals surface area contributed by atoms with Gasteiger partial charge in [0.25, 0.3) is 0 Å². The number of allylic oxidation sites excluding steroid dienone is 3. The van der Waals surface area contributed by atoms with Gasteiger partial charge in [-0.15, -0.1) is 6.58 Å². The molecule has 0 bridgehead atoms. The van der Waals surface area contributed by atoms with E-state index in [1.807, 2.05) is 6.08 Å². The molecule has 1 unspecified atom stereocenters. The molecular formula is C20H27N. The monoisotopic (exact) mass is 281 g/mol. The Balaban J connectivity index is 2.25. The van der Waals surface area contributed by atoms with Gasteiger partial charge in [-0.3, -0.25) is 0 Å². The van der Waals surface area contributed by atoms with Crippen molar-refractivity contribution in [2.75, 3.05) is 6.54 Å². The normalized spacial score (nSPS) is 16.0. The molecule has 0 aromatic heterocycles. The standard InChI is InChI=1S/C20H27N/c1-5-8-16(4)18-9-6-7-10-19(18)20-12-11-17(14-21-20)13-15(2)3/h5-7,9-12,15-16,21H,1,8,13-14H2,2-4H3. The molecule has 1 N–H and O–H groups in total. The molecule has 1 heteroatoms. The molecule has 1 heterocycles. The Morgan fingerprint density at radius 2 is 1.95 bits per heavy atom. The van der Waals surface area contributed by atoms with Gasteiger partial charge in [0.15, 0.2) is 0 Å². The largest absolute Gasteiger partial charge is 0.381 e. The van der Waals surface area contributed by atoms with Gasteiger partial charge in [0.2, 0.25) is 0 Å².